The Kier molecular flexibility index (Phi) is 2.47. The van der Waals surface area contributed by atoms with Gasteiger partial charge in [-0.25, -0.2) is 4.79 Å². The number of thiol groups is 1. The number of nitrogens with one attached hydrogen (secondary N) is 1. The summed E-state index contributed by atoms with van der Waals surface area (Å²) in [6.45, 7) is 0. The van der Waals surface area contributed by atoms with Crippen molar-refractivity contribution in [3.63, 3.8) is 0 Å². The molecule has 5 heteroatoms. The molecule has 1 aromatic carbocycles. The van der Waals surface area contributed by atoms with Crippen molar-refractivity contribution in [2.24, 2.45) is 0 Å². The minimum absolute atomic E-state index is 0.404. The van der Waals surface area contributed by atoms with Crippen molar-refractivity contribution >= 4 is 12.6 Å². The van der Waals surface area contributed by atoms with Gasteiger partial charge < -0.3 is 0 Å². The van der Waals surface area contributed by atoms with Crippen LogP contribution in [0.3, 0.4) is 0 Å². The fourth-order valence-electron chi connectivity index (χ4n) is 1.26. The van der Waals surface area contributed by atoms with Crippen LogP contribution in [-0.4, -0.2) is 9.55 Å². The molecule has 76 valence electrons. The maximum atomic E-state index is 11.4. The van der Waals surface area contributed by atoms with Crippen LogP contribution in [-0.2, 0) is 0 Å². The molecule has 0 atom stereocenters. The number of rotatable bonds is 1. The Morgan fingerprint density at radius 3 is 2.67 bits per heavy atom. The first-order valence-corrected chi connectivity index (χ1v) is 4.73. The quantitative estimate of drug-likeness (QED) is 0.699. The van der Waals surface area contributed by atoms with E-state index in [0.717, 1.165) is 4.90 Å². The van der Waals surface area contributed by atoms with E-state index >= 15 is 0 Å². The fraction of sp³-hybridized carbons (Fsp3) is 0. The van der Waals surface area contributed by atoms with E-state index in [9.17, 15) is 9.59 Å². The summed E-state index contributed by atoms with van der Waals surface area (Å²) < 4.78 is 1.35. The van der Waals surface area contributed by atoms with Gasteiger partial charge in [0.25, 0.3) is 5.56 Å². The molecule has 0 fully saturated rings. The van der Waals surface area contributed by atoms with E-state index in [1.165, 1.54) is 16.8 Å². The Bertz CT molecular complexity index is 601. The minimum atomic E-state index is -0.457. The molecule has 0 unspecified atom stereocenters. The zero-order chi connectivity index (χ0) is 10.8. The zero-order valence-corrected chi connectivity index (χ0v) is 8.57. The molecule has 0 aliphatic carbocycles. The third-order valence-electron chi connectivity index (χ3n) is 1.93. The molecule has 1 heterocycles. The molecule has 0 aliphatic heterocycles. The molecule has 0 saturated heterocycles. The summed E-state index contributed by atoms with van der Waals surface area (Å²) in [5, 5.41) is 0. The lowest BCUT2D eigenvalue weighted by molar-refractivity contribution is 0.893. The van der Waals surface area contributed by atoms with Crippen molar-refractivity contribution in [3.8, 4) is 5.69 Å². The Balaban J connectivity index is 2.64. The normalized spacial score (nSPS) is 10.2. The lowest BCUT2D eigenvalue weighted by Crippen LogP contribution is -2.27. The second kappa shape index (κ2) is 3.78. The number of hydrogen-bond donors (Lipinski definition) is 2. The maximum Gasteiger partial charge on any atom is 0.332 e. The first kappa shape index (κ1) is 9.79. The van der Waals surface area contributed by atoms with E-state index < -0.39 is 11.2 Å². The molecule has 1 N–H and O–H groups in total. The average Bonchev–Trinajstić information content (AvgIpc) is 2.17. The SMILES string of the molecule is O=c1ccn(-c2cccc(S)c2)c(=O)[nH]1. The van der Waals surface area contributed by atoms with Crippen LogP contribution < -0.4 is 11.2 Å². The zero-order valence-electron chi connectivity index (χ0n) is 7.68. The number of benzene rings is 1. The molecule has 0 saturated carbocycles. The summed E-state index contributed by atoms with van der Waals surface area (Å²) in [6, 6.07) is 8.40. The van der Waals surface area contributed by atoms with Gasteiger partial charge in [-0.1, -0.05) is 6.07 Å². The van der Waals surface area contributed by atoms with E-state index in [-0.39, 0.29) is 0 Å². The number of aromatic amines is 1. The highest BCUT2D eigenvalue weighted by Gasteiger charge is 1.99. The Morgan fingerprint density at radius 2 is 2.00 bits per heavy atom. The van der Waals surface area contributed by atoms with Crippen molar-refractivity contribution in [3.05, 3.63) is 57.4 Å². The molecule has 0 radical (unpaired) electrons. The lowest BCUT2D eigenvalue weighted by Gasteiger charge is -2.04. The van der Waals surface area contributed by atoms with Gasteiger partial charge in [-0.15, -0.1) is 12.6 Å². The molecule has 15 heavy (non-hydrogen) atoms. The van der Waals surface area contributed by atoms with E-state index in [0.29, 0.717) is 5.69 Å². The van der Waals surface area contributed by atoms with Crippen LogP contribution in [0.5, 0.6) is 0 Å². The molecule has 0 amide bonds. The third kappa shape index (κ3) is 2.02. The van der Waals surface area contributed by atoms with Gasteiger partial charge in [0.05, 0.1) is 5.69 Å². The summed E-state index contributed by atoms with van der Waals surface area (Å²) in [6.07, 6.45) is 1.43. The van der Waals surface area contributed by atoms with Crippen LogP contribution in [0, 0.1) is 0 Å². The van der Waals surface area contributed by atoms with E-state index in [4.69, 9.17) is 0 Å². The monoisotopic (exact) mass is 220 g/mol. The van der Waals surface area contributed by atoms with Crippen LogP contribution in [0.1, 0.15) is 0 Å². The molecule has 1 aromatic heterocycles. The van der Waals surface area contributed by atoms with E-state index in [2.05, 4.69) is 17.6 Å². The van der Waals surface area contributed by atoms with Gasteiger partial charge in [0, 0.05) is 17.2 Å². The summed E-state index contributed by atoms with van der Waals surface area (Å²) >= 11 is 4.17. The molecular formula is C10H8N2O2S. The highest BCUT2D eigenvalue weighted by atomic mass is 32.1. The van der Waals surface area contributed by atoms with Crippen molar-refractivity contribution in [1.82, 2.24) is 9.55 Å². The van der Waals surface area contributed by atoms with Gasteiger partial charge >= 0.3 is 5.69 Å². The van der Waals surface area contributed by atoms with Gasteiger partial charge in [-0.3, -0.25) is 14.3 Å². The Hall–Kier alpha value is -1.75. The Morgan fingerprint density at radius 1 is 1.20 bits per heavy atom. The fourth-order valence-corrected chi connectivity index (χ4v) is 1.48. The third-order valence-corrected chi connectivity index (χ3v) is 2.21. The maximum absolute atomic E-state index is 11.4. The molecule has 0 spiro atoms. The van der Waals surface area contributed by atoms with Crippen molar-refractivity contribution in [1.29, 1.82) is 0 Å². The van der Waals surface area contributed by atoms with Crippen LogP contribution >= 0.6 is 12.6 Å². The van der Waals surface area contributed by atoms with Crippen molar-refractivity contribution in [2.45, 2.75) is 4.90 Å². The highest BCUT2D eigenvalue weighted by Crippen LogP contribution is 2.10. The molecule has 2 rings (SSSR count). The number of hydrogen-bond acceptors (Lipinski definition) is 3. The second-order valence-electron chi connectivity index (χ2n) is 3.00. The predicted molar refractivity (Wildman–Crippen MR) is 59.9 cm³/mol. The minimum Gasteiger partial charge on any atom is -0.274 e. The largest absolute Gasteiger partial charge is 0.332 e. The topological polar surface area (TPSA) is 54.9 Å². The standard InChI is InChI=1S/C10H8N2O2S/c13-9-4-5-12(10(14)11-9)7-2-1-3-8(15)6-7/h1-6,15H,(H,11,13,14). The second-order valence-corrected chi connectivity index (χ2v) is 3.52. The van der Waals surface area contributed by atoms with Gasteiger partial charge in [-0.2, -0.15) is 0 Å². The molecule has 2 aromatic rings. The van der Waals surface area contributed by atoms with Gasteiger partial charge in [-0.05, 0) is 18.2 Å². The lowest BCUT2D eigenvalue weighted by atomic mass is 10.3. The smallest absolute Gasteiger partial charge is 0.274 e. The van der Waals surface area contributed by atoms with Crippen LogP contribution in [0.15, 0.2) is 51.0 Å². The first-order valence-electron chi connectivity index (χ1n) is 4.28. The summed E-state index contributed by atoms with van der Waals surface area (Å²) in [5.74, 6) is 0. The van der Waals surface area contributed by atoms with Crippen molar-refractivity contribution in [2.75, 3.05) is 0 Å². The number of nitrogens with zero attached hydrogens (tertiary/aromatic N) is 1. The van der Waals surface area contributed by atoms with Gasteiger partial charge in [0.1, 0.15) is 0 Å². The molecule has 0 bridgehead atoms. The predicted octanol–water partition coefficient (Wildman–Crippen LogP) is 0.814. The molecule has 4 nitrogen and oxygen atoms in total. The van der Waals surface area contributed by atoms with Gasteiger partial charge in [0.15, 0.2) is 0 Å². The molecule has 0 aliphatic rings. The van der Waals surface area contributed by atoms with Crippen LogP contribution in [0.2, 0.25) is 0 Å². The summed E-state index contributed by atoms with van der Waals surface area (Å²) in [5.41, 5.74) is -0.191. The van der Waals surface area contributed by atoms with Crippen LogP contribution in [0.25, 0.3) is 5.69 Å². The molecular weight excluding hydrogens is 212 g/mol. The highest BCUT2D eigenvalue weighted by molar-refractivity contribution is 7.80. The van der Waals surface area contributed by atoms with E-state index in [1.807, 2.05) is 6.07 Å². The summed E-state index contributed by atoms with van der Waals surface area (Å²) in [7, 11) is 0. The average molecular weight is 220 g/mol. The first-order chi connectivity index (χ1) is 7.16. The Labute approximate surface area is 90.6 Å². The van der Waals surface area contributed by atoms with Crippen LogP contribution in [0.4, 0.5) is 0 Å². The number of H-pyrrole nitrogens is 1. The van der Waals surface area contributed by atoms with Gasteiger partial charge in [0.2, 0.25) is 0 Å². The number of aromatic nitrogens is 2. The van der Waals surface area contributed by atoms with Crippen molar-refractivity contribution < 1.29 is 0 Å². The van der Waals surface area contributed by atoms with E-state index in [1.54, 1.807) is 18.2 Å². The summed E-state index contributed by atoms with van der Waals surface area (Å²) in [4.78, 5) is 25.2.